The highest BCUT2D eigenvalue weighted by Crippen LogP contribution is 2.59. The highest BCUT2D eigenvalue weighted by atomic mass is 15.1. The Kier molecular flexibility index (Phi) is 7.86. The first-order valence-corrected chi connectivity index (χ1v) is 21.4. The van der Waals surface area contributed by atoms with Crippen LogP contribution in [0.3, 0.4) is 0 Å². The highest BCUT2D eigenvalue weighted by molar-refractivity contribution is 6.12. The second-order valence-electron chi connectivity index (χ2n) is 17.2. The van der Waals surface area contributed by atoms with Crippen LogP contribution in [0.25, 0.3) is 54.9 Å². The van der Waals surface area contributed by atoms with Gasteiger partial charge in [-0.1, -0.05) is 202 Å². The van der Waals surface area contributed by atoms with Gasteiger partial charge in [0.2, 0.25) is 0 Å². The summed E-state index contributed by atoms with van der Waals surface area (Å²) in [5.41, 5.74) is 18.5. The molecule has 1 nitrogen and oxygen atoms in total. The van der Waals surface area contributed by atoms with E-state index in [9.17, 15) is 0 Å². The Balaban J connectivity index is 1.12. The van der Waals surface area contributed by atoms with Crippen molar-refractivity contribution in [2.45, 2.75) is 24.7 Å². The smallest absolute Gasteiger partial charge is 0.0714 e. The summed E-state index contributed by atoms with van der Waals surface area (Å²) >= 11 is 0. The molecule has 0 radical (unpaired) electrons. The second kappa shape index (κ2) is 13.5. The van der Waals surface area contributed by atoms with E-state index in [2.05, 4.69) is 243 Å². The molecule has 0 spiro atoms. The van der Waals surface area contributed by atoms with Crippen molar-refractivity contribution in [2.75, 3.05) is 4.90 Å². The maximum atomic E-state index is 2.47. The monoisotopic (exact) mass is 777 g/mol. The van der Waals surface area contributed by atoms with Crippen molar-refractivity contribution in [3.8, 4) is 33.4 Å². The van der Waals surface area contributed by atoms with E-state index >= 15 is 0 Å². The Morgan fingerprint density at radius 2 is 0.885 bits per heavy atom. The summed E-state index contributed by atoms with van der Waals surface area (Å²) in [5.74, 6) is 0. The standard InChI is InChI=1S/C60H43N/c1-59(2)53-32-18-17-31-51(53)57-52(38-40-20-12-13-27-45(40)58(57)59)47-36-37-56(50-30-15-14-28-46(47)50)61(43-25-10-5-11-26-43)44-34-35-49-48-29-16-19-33-54(48)60(55(49)39-44,41-21-6-3-7-22-41)42-23-8-4-9-24-42/h3-39H,1-2H3. The van der Waals surface area contributed by atoms with Gasteiger partial charge in [-0.25, -0.2) is 0 Å². The van der Waals surface area contributed by atoms with Gasteiger partial charge in [-0.2, -0.15) is 0 Å². The van der Waals surface area contributed by atoms with E-state index in [1.807, 2.05) is 0 Å². The number of fused-ring (bicyclic) bond motifs is 9. The predicted octanol–water partition coefficient (Wildman–Crippen LogP) is 15.8. The number of hydrogen-bond donors (Lipinski definition) is 0. The zero-order chi connectivity index (χ0) is 40.7. The van der Waals surface area contributed by atoms with E-state index in [0.29, 0.717) is 0 Å². The summed E-state index contributed by atoms with van der Waals surface area (Å²) in [7, 11) is 0. The lowest BCUT2D eigenvalue weighted by atomic mass is 9.67. The van der Waals surface area contributed by atoms with Crippen molar-refractivity contribution in [2.24, 2.45) is 0 Å². The molecule has 0 N–H and O–H groups in total. The van der Waals surface area contributed by atoms with Gasteiger partial charge in [0.25, 0.3) is 0 Å². The molecule has 0 saturated heterocycles. The van der Waals surface area contributed by atoms with Gasteiger partial charge in [0, 0.05) is 22.2 Å². The third-order valence-corrected chi connectivity index (χ3v) is 13.7. The third-order valence-electron chi connectivity index (χ3n) is 13.7. The molecule has 0 amide bonds. The van der Waals surface area contributed by atoms with Crippen molar-refractivity contribution in [3.63, 3.8) is 0 Å². The summed E-state index contributed by atoms with van der Waals surface area (Å²) < 4.78 is 0. The van der Waals surface area contributed by atoms with Gasteiger partial charge < -0.3 is 4.90 Å². The van der Waals surface area contributed by atoms with Gasteiger partial charge in [-0.05, 0) is 119 Å². The van der Waals surface area contributed by atoms with Crippen LogP contribution < -0.4 is 4.90 Å². The summed E-state index contributed by atoms with van der Waals surface area (Å²) in [4.78, 5) is 2.47. The number of benzene rings is 10. The number of nitrogens with zero attached hydrogens (tertiary/aromatic N) is 1. The van der Waals surface area contributed by atoms with Crippen LogP contribution in [0.1, 0.15) is 47.2 Å². The number of para-hydroxylation sites is 1. The molecule has 2 aliphatic carbocycles. The van der Waals surface area contributed by atoms with E-state index in [1.165, 1.54) is 88.3 Å². The Morgan fingerprint density at radius 1 is 0.344 bits per heavy atom. The molecule has 0 aromatic heterocycles. The van der Waals surface area contributed by atoms with Crippen LogP contribution in [0.5, 0.6) is 0 Å². The highest BCUT2D eigenvalue weighted by Gasteiger charge is 2.46. The summed E-state index contributed by atoms with van der Waals surface area (Å²) in [6.07, 6.45) is 0. The molecule has 0 atom stereocenters. The lowest BCUT2D eigenvalue weighted by molar-refractivity contribution is 0.666. The van der Waals surface area contributed by atoms with E-state index in [0.717, 1.165) is 17.1 Å². The van der Waals surface area contributed by atoms with Crippen LogP contribution in [-0.2, 0) is 10.8 Å². The average molecular weight is 778 g/mol. The first-order valence-electron chi connectivity index (χ1n) is 21.4. The van der Waals surface area contributed by atoms with Gasteiger partial charge in [0.15, 0.2) is 0 Å². The quantitative estimate of drug-likeness (QED) is 0.163. The molecule has 1 heteroatoms. The predicted molar refractivity (Wildman–Crippen MR) is 256 cm³/mol. The van der Waals surface area contributed by atoms with Crippen molar-refractivity contribution >= 4 is 38.6 Å². The molecule has 10 aromatic rings. The fourth-order valence-corrected chi connectivity index (χ4v) is 11.2. The molecule has 288 valence electrons. The number of anilines is 3. The minimum atomic E-state index is -0.501. The molecule has 0 saturated carbocycles. The van der Waals surface area contributed by atoms with E-state index in [4.69, 9.17) is 0 Å². The fourth-order valence-electron chi connectivity index (χ4n) is 11.2. The normalized spacial score (nSPS) is 14.0. The maximum Gasteiger partial charge on any atom is 0.0714 e. The molecule has 10 aromatic carbocycles. The van der Waals surface area contributed by atoms with Crippen molar-refractivity contribution in [3.05, 3.63) is 258 Å². The summed E-state index contributed by atoms with van der Waals surface area (Å²) in [6, 6.07) is 83.4. The third kappa shape index (κ3) is 5.08. The van der Waals surface area contributed by atoms with E-state index in [1.54, 1.807) is 0 Å². The molecule has 61 heavy (non-hydrogen) atoms. The van der Waals surface area contributed by atoms with Gasteiger partial charge >= 0.3 is 0 Å². The van der Waals surface area contributed by atoms with Crippen molar-refractivity contribution in [1.29, 1.82) is 0 Å². The Morgan fingerprint density at radius 3 is 1.61 bits per heavy atom. The molecular formula is C60H43N. The average Bonchev–Trinajstić information content (AvgIpc) is 3.76. The van der Waals surface area contributed by atoms with Crippen LogP contribution in [0.2, 0.25) is 0 Å². The summed E-state index contributed by atoms with van der Waals surface area (Å²) in [6.45, 7) is 4.79. The van der Waals surface area contributed by atoms with E-state index < -0.39 is 5.41 Å². The Bertz CT molecular complexity index is 3290. The Labute approximate surface area is 357 Å². The van der Waals surface area contributed by atoms with Crippen LogP contribution in [0.15, 0.2) is 224 Å². The van der Waals surface area contributed by atoms with E-state index in [-0.39, 0.29) is 5.41 Å². The van der Waals surface area contributed by atoms with Crippen LogP contribution in [-0.4, -0.2) is 0 Å². The first-order chi connectivity index (χ1) is 30.0. The van der Waals surface area contributed by atoms with Crippen molar-refractivity contribution < 1.29 is 0 Å². The van der Waals surface area contributed by atoms with Crippen molar-refractivity contribution in [1.82, 2.24) is 0 Å². The molecule has 12 rings (SSSR count). The molecule has 0 bridgehead atoms. The molecule has 2 aliphatic rings. The number of rotatable bonds is 6. The molecule has 0 unspecified atom stereocenters. The zero-order valence-electron chi connectivity index (χ0n) is 34.3. The van der Waals surface area contributed by atoms with Gasteiger partial charge in [-0.15, -0.1) is 0 Å². The fraction of sp³-hybridized carbons (Fsp3) is 0.0667. The van der Waals surface area contributed by atoms with Crippen LogP contribution in [0, 0.1) is 0 Å². The SMILES string of the molecule is CC1(C)c2ccccc2-c2c(-c3ccc(N(c4ccccc4)c4ccc5c(c4)C(c4ccccc4)(c4ccccc4)c4ccccc4-5)c4ccccc34)cc3ccccc3c21. The van der Waals surface area contributed by atoms with Gasteiger partial charge in [0.1, 0.15) is 0 Å². The summed E-state index contributed by atoms with van der Waals surface area (Å²) in [5, 5.41) is 5.05. The molecule has 0 aliphatic heterocycles. The number of hydrogen-bond acceptors (Lipinski definition) is 1. The van der Waals surface area contributed by atoms with Crippen LogP contribution >= 0.6 is 0 Å². The molecule has 0 heterocycles. The van der Waals surface area contributed by atoms with Gasteiger partial charge in [0.05, 0.1) is 11.1 Å². The second-order valence-corrected chi connectivity index (χ2v) is 17.2. The lowest BCUT2D eigenvalue weighted by Crippen LogP contribution is -2.28. The van der Waals surface area contributed by atoms with Gasteiger partial charge in [-0.3, -0.25) is 0 Å². The Hall–Kier alpha value is -7.48. The maximum absolute atomic E-state index is 2.47. The zero-order valence-corrected chi connectivity index (χ0v) is 34.3. The topological polar surface area (TPSA) is 3.24 Å². The largest absolute Gasteiger partial charge is 0.310 e. The minimum Gasteiger partial charge on any atom is -0.310 e. The molecular weight excluding hydrogens is 735 g/mol. The lowest BCUT2D eigenvalue weighted by Gasteiger charge is -2.35. The first kappa shape index (κ1) is 35.5. The molecule has 0 fully saturated rings. The van der Waals surface area contributed by atoms with Crippen LogP contribution in [0.4, 0.5) is 17.1 Å². The minimum absolute atomic E-state index is 0.136.